The van der Waals surface area contributed by atoms with Crippen molar-refractivity contribution in [3.63, 3.8) is 0 Å². The Kier molecular flexibility index (Phi) is 7.15. The van der Waals surface area contributed by atoms with E-state index in [1.807, 2.05) is 38.1 Å². The molecule has 2 aromatic carbocycles. The number of phenols is 2. The number of aryl methyl sites for hydroxylation is 2. The molecular weight excluding hydrogens is 440 g/mol. The maximum absolute atomic E-state index is 10.9. The molecule has 0 spiro atoms. The largest absolute Gasteiger partial charge is 0.507 e. The van der Waals surface area contributed by atoms with Crippen LogP contribution in [-0.2, 0) is 23.9 Å². The molecule has 3 aromatic rings. The van der Waals surface area contributed by atoms with Crippen LogP contribution in [-0.4, -0.2) is 25.2 Å². The van der Waals surface area contributed by atoms with E-state index in [1.165, 1.54) is 0 Å². The van der Waals surface area contributed by atoms with Crippen molar-refractivity contribution in [2.45, 2.75) is 79.3 Å². The van der Waals surface area contributed by atoms with Crippen LogP contribution in [0.15, 0.2) is 24.3 Å². The first kappa shape index (κ1) is 26.1. The minimum absolute atomic E-state index is 0.0667. The lowest BCUT2D eigenvalue weighted by Crippen LogP contribution is -2.16. The van der Waals surface area contributed by atoms with Crippen molar-refractivity contribution in [2.24, 2.45) is 0 Å². The number of benzene rings is 2. The van der Waals surface area contributed by atoms with Gasteiger partial charge in [0, 0.05) is 35.3 Å². The highest BCUT2D eigenvalue weighted by molar-refractivity contribution is 5.52. The van der Waals surface area contributed by atoms with E-state index in [9.17, 15) is 10.2 Å². The second-order valence-corrected chi connectivity index (χ2v) is 11.1. The molecule has 188 valence electrons. The van der Waals surface area contributed by atoms with Gasteiger partial charge in [-0.1, -0.05) is 65.8 Å². The van der Waals surface area contributed by atoms with E-state index in [-0.39, 0.29) is 28.3 Å². The molecule has 8 heteroatoms. The molecule has 0 atom stereocenters. The van der Waals surface area contributed by atoms with Gasteiger partial charge in [0.1, 0.15) is 11.5 Å². The summed E-state index contributed by atoms with van der Waals surface area (Å²) in [7, 11) is 0. The highest BCUT2D eigenvalue weighted by Crippen LogP contribution is 2.37. The van der Waals surface area contributed by atoms with Crippen molar-refractivity contribution in [1.29, 1.82) is 0 Å². The molecule has 0 unspecified atom stereocenters. The Morgan fingerprint density at radius 1 is 0.686 bits per heavy atom. The van der Waals surface area contributed by atoms with Crippen LogP contribution in [0.4, 0.5) is 17.8 Å². The number of hydrogen-bond donors (Lipinski definition) is 5. The fraction of sp³-hybridized carbons (Fsp3) is 0.444. The lowest BCUT2D eigenvalue weighted by molar-refractivity contribution is 0.439. The Morgan fingerprint density at radius 3 is 1.40 bits per heavy atom. The molecule has 0 fully saturated rings. The van der Waals surface area contributed by atoms with Crippen LogP contribution < -0.4 is 16.4 Å². The maximum Gasteiger partial charge on any atom is 0.229 e. The Bertz CT molecular complexity index is 1130. The molecule has 0 aliphatic carbocycles. The third-order valence-electron chi connectivity index (χ3n) is 5.97. The summed E-state index contributed by atoms with van der Waals surface area (Å²) in [6, 6.07) is 7.80. The van der Waals surface area contributed by atoms with Crippen molar-refractivity contribution >= 4 is 17.8 Å². The summed E-state index contributed by atoms with van der Waals surface area (Å²) < 4.78 is 0. The third-order valence-corrected chi connectivity index (χ3v) is 5.97. The number of phenolic OH excluding ortho intramolecular Hbond substituents is 2. The van der Waals surface area contributed by atoms with Crippen LogP contribution in [0.5, 0.6) is 11.5 Å². The van der Waals surface area contributed by atoms with E-state index in [0.717, 1.165) is 33.4 Å². The van der Waals surface area contributed by atoms with Crippen molar-refractivity contribution in [3.05, 3.63) is 57.6 Å². The molecule has 8 nitrogen and oxygen atoms in total. The first-order valence-corrected chi connectivity index (χ1v) is 11.8. The van der Waals surface area contributed by atoms with Crippen LogP contribution in [0.25, 0.3) is 0 Å². The van der Waals surface area contributed by atoms with Gasteiger partial charge in [-0.2, -0.15) is 15.0 Å². The molecule has 1 heterocycles. The summed E-state index contributed by atoms with van der Waals surface area (Å²) in [5.74, 6) is 1.20. The third kappa shape index (κ3) is 5.93. The van der Waals surface area contributed by atoms with Gasteiger partial charge in [-0.25, -0.2) is 0 Å². The van der Waals surface area contributed by atoms with Crippen LogP contribution in [0.2, 0.25) is 0 Å². The molecule has 0 amide bonds. The minimum Gasteiger partial charge on any atom is -0.507 e. The number of nitrogens with zero attached hydrogens (tertiary/aromatic N) is 3. The van der Waals surface area contributed by atoms with Gasteiger partial charge < -0.3 is 26.6 Å². The van der Waals surface area contributed by atoms with E-state index in [1.54, 1.807) is 0 Å². The zero-order valence-corrected chi connectivity index (χ0v) is 22.0. The Labute approximate surface area is 208 Å². The monoisotopic (exact) mass is 478 g/mol. The molecule has 0 bridgehead atoms. The maximum atomic E-state index is 10.9. The van der Waals surface area contributed by atoms with Crippen molar-refractivity contribution in [2.75, 3.05) is 16.4 Å². The van der Waals surface area contributed by atoms with Gasteiger partial charge in [0.25, 0.3) is 0 Å². The number of nitrogen functional groups attached to an aromatic ring is 1. The molecule has 0 saturated heterocycles. The summed E-state index contributed by atoms with van der Waals surface area (Å²) >= 11 is 0. The van der Waals surface area contributed by atoms with E-state index < -0.39 is 0 Å². The number of nitrogens with two attached hydrogens (primary N) is 1. The number of aromatic hydroxyl groups is 2. The molecular formula is C27H38N6O2. The van der Waals surface area contributed by atoms with Crippen molar-refractivity contribution in [1.82, 2.24) is 15.0 Å². The second kappa shape index (κ2) is 9.60. The number of anilines is 3. The van der Waals surface area contributed by atoms with Crippen LogP contribution >= 0.6 is 0 Å². The molecule has 0 aliphatic heterocycles. The fourth-order valence-corrected chi connectivity index (χ4v) is 4.55. The predicted octanol–water partition coefficient (Wildman–Crippen LogP) is 5.30. The average molecular weight is 479 g/mol. The summed E-state index contributed by atoms with van der Waals surface area (Å²) in [5, 5.41) is 28.0. The summed E-state index contributed by atoms with van der Waals surface area (Å²) in [6.45, 7) is 17.1. The van der Waals surface area contributed by atoms with Crippen LogP contribution in [0.1, 0.15) is 74.9 Å². The Hall–Kier alpha value is -3.55. The summed E-state index contributed by atoms with van der Waals surface area (Å²) in [4.78, 5) is 12.8. The molecule has 0 aliphatic rings. The topological polar surface area (TPSA) is 129 Å². The summed E-state index contributed by atoms with van der Waals surface area (Å²) in [6.07, 6.45) is 0. The van der Waals surface area contributed by atoms with Gasteiger partial charge in [0.15, 0.2) is 0 Å². The van der Waals surface area contributed by atoms with Crippen LogP contribution in [0, 0.1) is 13.8 Å². The minimum atomic E-state index is -0.187. The summed E-state index contributed by atoms with van der Waals surface area (Å²) in [5.41, 5.74) is 11.0. The number of rotatable bonds is 6. The average Bonchev–Trinajstić information content (AvgIpc) is 2.70. The molecule has 6 N–H and O–H groups in total. The van der Waals surface area contributed by atoms with Gasteiger partial charge in [-0.05, 0) is 35.8 Å². The van der Waals surface area contributed by atoms with E-state index in [2.05, 4.69) is 67.1 Å². The molecule has 3 rings (SSSR count). The van der Waals surface area contributed by atoms with E-state index in [0.29, 0.717) is 25.0 Å². The predicted molar refractivity (Wildman–Crippen MR) is 142 cm³/mol. The van der Waals surface area contributed by atoms with Gasteiger partial charge in [0.2, 0.25) is 17.8 Å². The standard InChI is InChI=1S/C27H38N6O2/c1-15-9-11-17(21(34)19(15)26(3,4)5)13-29-24-31-23(28)32-25(33-24)30-14-18-12-10-16(2)20(22(18)35)27(6,7)8/h9-12,34-35H,13-14H2,1-8H3,(H4,28,29,30,31,32,33). The molecule has 0 saturated carbocycles. The lowest BCUT2D eigenvalue weighted by Gasteiger charge is -2.24. The normalized spacial score (nSPS) is 12.0. The number of hydrogen-bond acceptors (Lipinski definition) is 8. The molecule has 0 radical (unpaired) electrons. The van der Waals surface area contributed by atoms with Gasteiger partial charge in [-0.15, -0.1) is 0 Å². The first-order valence-electron chi connectivity index (χ1n) is 11.8. The highest BCUT2D eigenvalue weighted by atomic mass is 16.3. The first-order chi connectivity index (χ1) is 16.2. The lowest BCUT2D eigenvalue weighted by atomic mass is 9.82. The molecule has 35 heavy (non-hydrogen) atoms. The van der Waals surface area contributed by atoms with E-state index in [4.69, 9.17) is 5.73 Å². The van der Waals surface area contributed by atoms with Gasteiger partial charge >= 0.3 is 0 Å². The Balaban J connectivity index is 1.78. The quantitative estimate of drug-likeness (QED) is 0.323. The van der Waals surface area contributed by atoms with Gasteiger partial charge in [0.05, 0.1) is 0 Å². The van der Waals surface area contributed by atoms with Crippen LogP contribution in [0.3, 0.4) is 0 Å². The Morgan fingerprint density at radius 2 is 1.06 bits per heavy atom. The van der Waals surface area contributed by atoms with Gasteiger partial charge in [-0.3, -0.25) is 0 Å². The zero-order valence-electron chi connectivity index (χ0n) is 22.0. The number of nitrogens with one attached hydrogen (secondary N) is 2. The van der Waals surface area contributed by atoms with Crippen molar-refractivity contribution < 1.29 is 10.2 Å². The molecule has 1 aromatic heterocycles. The highest BCUT2D eigenvalue weighted by Gasteiger charge is 2.23. The second-order valence-electron chi connectivity index (χ2n) is 11.1. The smallest absolute Gasteiger partial charge is 0.229 e. The fourth-order valence-electron chi connectivity index (χ4n) is 4.55. The number of aromatic nitrogens is 3. The zero-order chi connectivity index (χ0) is 26.1. The van der Waals surface area contributed by atoms with Crippen molar-refractivity contribution in [3.8, 4) is 11.5 Å². The SMILES string of the molecule is Cc1ccc(CNc2nc(N)nc(NCc3ccc(C)c(C(C)(C)C)c3O)n2)c(O)c1C(C)(C)C. The van der Waals surface area contributed by atoms with E-state index >= 15 is 0 Å².